The van der Waals surface area contributed by atoms with Crippen molar-refractivity contribution in [3.8, 4) is 0 Å². The molecule has 1 aromatic rings. The van der Waals surface area contributed by atoms with Crippen LogP contribution in [-0.2, 0) is 5.41 Å². The fraction of sp³-hybridized carbons (Fsp3) is 0.455. The molecule has 0 unspecified atom stereocenters. The molecular formula is C11H15N. The van der Waals surface area contributed by atoms with E-state index in [1.54, 1.807) is 0 Å². The Morgan fingerprint density at radius 2 is 2.08 bits per heavy atom. The van der Waals surface area contributed by atoms with Crippen molar-refractivity contribution in [2.75, 3.05) is 11.9 Å². The van der Waals surface area contributed by atoms with Crippen molar-refractivity contribution in [1.82, 2.24) is 0 Å². The van der Waals surface area contributed by atoms with E-state index >= 15 is 0 Å². The van der Waals surface area contributed by atoms with Crippen LogP contribution in [0.4, 0.5) is 5.69 Å². The summed E-state index contributed by atoms with van der Waals surface area (Å²) in [5, 5.41) is 3.42. The molecule has 0 aromatic heterocycles. The van der Waals surface area contributed by atoms with E-state index in [-0.39, 0.29) is 0 Å². The maximum atomic E-state index is 3.42. The highest BCUT2D eigenvalue weighted by atomic mass is 14.9. The molecule has 0 atom stereocenters. The van der Waals surface area contributed by atoms with Gasteiger partial charge in [0.2, 0.25) is 0 Å². The van der Waals surface area contributed by atoms with E-state index in [9.17, 15) is 0 Å². The first-order chi connectivity index (χ1) is 5.59. The second kappa shape index (κ2) is 2.25. The third-order valence-electron chi connectivity index (χ3n) is 2.62. The monoisotopic (exact) mass is 161 g/mol. The predicted molar refractivity (Wildman–Crippen MR) is 52.7 cm³/mol. The third kappa shape index (κ3) is 1.01. The van der Waals surface area contributed by atoms with E-state index in [1.165, 1.54) is 16.8 Å². The van der Waals surface area contributed by atoms with Crippen molar-refractivity contribution in [1.29, 1.82) is 0 Å². The largest absolute Gasteiger partial charge is 0.384 e. The molecule has 0 spiro atoms. The number of rotatable bonds is 0. The van der Waals surface area contributed by atoms with Crippen LogP contribution in [0.1, 0.15) is 25.0 Å². The van der Waals surface area contributed by atoms with Crippen LogP contribution in [0.15, 0.2) is 18.2 Å². The fourth-order valence-corrected chi connectivity index (χ4v) is 1.78. The van der Waals surface area contributed by atoms with Crippen LogP contribution in [0.2, 0.25) is 0 Å². The van der Waals surface area contributed by atoms with Gasteiger partial charge in [0.25, 0.3) is 0 Å². The molecule has 1 heterocycles. The van der Waals surface area contributed by atoms with E-state index in [1.807, 2.05) is 0 Å². The first kappa shape index (κ1) is 7.66. The minimum atomic E-state index is 0.307. The van der Waals surface area contributed by atoms with Crippen molar-refractivity contribution >= 4 is 5.69 Å². The highest BCUT2D eigenvalue weighted by molar-refractivity contribution is 5.60. The Hall–Kier alpha value is -0.980. The number of nitrogens with one attached hydrogen (secondary N) is 1. The molecule has 0 aliphatic carbocycles. The highest BCUT2D eigenvalue weighted by Gasteiger charge is 2.28. The van der Waals surface area contributed by atoms with Gasteiger partial charge < -0.3 is 5.32 Å². The summed E-state index contributed by atoms with van der Waals surface area (Å²) in [4.78, 5) is 0. The number of hydrogen-bond donors (Lipinski definition) is 1. The van der Waals surface area contributed by atoms with Crippen LogP contribution in [0.5, 0.6) is 0 Å². The highest BCUT2D eigenvalue weighted by Crippen LogP contribution is 2.36. The van der Waals surface area contributed by atoms with Crippen molar-refractivity contribution < 1.29 is 0 Å². The minimum Gasteiger partial charge on any atom is -0.384 e. The summed E-state index contributed by atoms with van der Waals surface area (Å²) in [5.74, 6) is 0. The van der Waals surface area contributed by atoms with E-state index in [2.05, 4.69) is 44.3 Å². The van der Waals surface area contributed by atoms with Crippen LogP contribution >= 0.6 is 0 Å². The van der Waals surface area contributed by atoms with Crippen molar-refractivity contribution in [2.24, 2.45) is 0 Å². The van der Waals surface area contributed by atoms with Gasteiger partial charge in [-0.2, -0.15) is 0 Å². The summed E-state index contributed by atoms with van der Waals surface area (Å²) < 4.78 is 0. The van der Waals surface area contributed by atoms with Crippen molar-refractivity contribution in [3.05, 3.63) is 29.3 Å². The van der Waals surface area contributed by atoms with E-state index < -0.39 is 0 Å². The molecule has 1 heteroatoms. The molecule has 0 saturated carbocycles. The Balaban J connectivity index is 2.57. The summed E-state index contributed by atoms with van der Waals surface area (Å²) in [6.07, 6.45) is 0. The molecule has 1 N–H and O–H groups in total. The lowest BCUT2D eigenvalue weighted by molar-refractivity contribution is 0.586. The lowest BCUT2D eigenvalue weighted by Gasteiger charge is -2.17. The zero-order valence-corrected chi connectivity index (χ0v) is 7.94. The second-order valence-corrected chi connectivity index (χ2v) is 4.29. The first-order valence-electron chi connectivity index (χ1n) is 4.45. The van der Waals surface area contributed by atoms with Gasteiger partial charge in [-0.3, -0.25) is 0 Å². The molecule has 1 aromatic carbocycles. The van der Waals surface area contributed by atoms with E-state index in [4.69, 9.17) is 0 Å². The molecular weight excluding hydrogens is 146 g/mol. The van der Waals surface area contributed by atoms with Gasteiger partial charge >= 0.3 is 0 Å². The van der Waals surface area contributed by atoms with Crippen LogP contribution in [-0.4, -0.2) is 6.54 Å². The van der Waals surface area contributed by atoms with Crippen LogP contribution < -0.4 is 5.32 Å². The number of aryl methyl sites for hydroxylation is 1. The molecule has 64 valence electrons. The van der Waals surface area contributed by atoms with Gasteiger partial charge in [-0.15, -0.1) is 0 Å². The lowest BCUT2D eigenvalue weighted by Crippen LogP contribution is -2.18. The predicted octanol–water partition coefficient (Wildman–Crippen LogP) is 2.70. The molecule has 0 amide bonds. The van der Waals surface area contributed by atoms with E-state index in [0.717, 1.165) is 6.54 Å². The Bertz CT molecular complexity index is 313. The molecule has 2 rings (SSSR count). The second-order valence-electron chi connectivity index (χ2n) is 4.29. The number of anilines is 1. The van der Waals surface area contributed by atoms with Gasteiger partial charge in [0, 0.05) is 17.6 Å². The van der Waals surface area contributed by atoms with Crippen LogP contribution in [0.25, 0.3) is 0 Å². The molecule has 1 aliphatic heterocycles. The Labute approximate surface area is 73.8 Å². The Kier molecular flexibility index (Phi) is 1.44. The molecule has 12 heavy (non-hydrogen) atoms. The van der Waals surface area contributed by atoms with Gasteiger partial charge in [-0.25, -0.2) is 0 Å². The maximum Gasteiger partial charge on any atom is 0.0379 e. The maximum absolute atomic E-state index is 3.42. The van der Waals surface area contributed by atoms with Crippen molar-refractivity contribution in [3.63, 3.8) is 0 Å². The first-order valence-corrected chi connectivity index (χ1v) is 4.45. The quantitative estimate of drug-likeness (QED) is 0.617. The lowest BCUT2D eigenvalue weighted by atomic mass is 9.86. The summed E-state index contributed by atoms with van der Waals surface area (Å²) in [6, 6.07) is 6.63. The molecule has 0 saturated heterocycles. The van der Waals surface area contributed by atoms with Gasteiger partial charge in [0.1, 0.15) is 0 Å². The number of benzene rings is 1. The standard InChI is InChI=1S/C11H15N/c1-8-4-5-10-9(6-8)11(2,3)7-12-10/h4-6,12H,7H2,1-3H3. The Morgan fingerprint density at radius 3 is 2.83 bits per heavy atom. The van der Waals surface area contributed by atoms with Gasteiger partial charge in [-0.1, -0.05) is 31.5 Å². The summed E-state index contributed by atoms with van der Waals surface area (Å²) in [6.45, 7) is 7.77. The normalized spacial score (nSPS) is 18.6. The minimum absolute atomic E-state index is 0.307. The van der Waals surface area contributed by atoms with Gasteiger partial charge in [0.15, 0.2) is 0 Å². The zero-order chi connectivity index (χ0) is 8.77. The summed E-state index contributed by atoms with van der Waals surface area (Å²) >= 11 is 0. The van der Waals surface area contributed by atoms with Crippen molar-refractivity contribution in [2.45, 2.75) is 26.2 Å². The Morgan fingerprint density at radius 1 is 1.33 bits per heavy atom. The average Bonchev–Trinajstić information content (AvgIpc) is 2.28. The van der Waals surface area contributed by atoms with Crippen LogP contribution in [0, 0.1) is 6.92 Å². The smallest absolute Gasteiger partial charge is 0.0379 e. The third-order valence-corrected chi connectivity index (χ3v) is 2.62. The van der Waals surface area contributed by atoms with E-state index in [0.29, 0.717) is 5.41 Å². The average molecular weight is 161 g/mol. The molecule has 1 nitrogen and oxygen atoms in total. The SMILES string of the molecule is Cc1ccc2c(c1)C(C)(C)CN2. The van der Waals surface area contributed by atoms with Gasteiger partial charge in [0.05, 0.1) is 0 Å². The molecule has 0 fully saturated rings. The van der Waals surface area contributed by atoms with Gasteiger partial charge in [-0.05, 0) is 18.6 Å². The van der Waals surface area contributed by atoms with Crippen LogP contribution in [0.3, 0.4) is 0 Å². The molecule has 0 bridgehead atoms. The molecule has 0 radical (unpaired) electrons. The number of fused-ring (bicyclic) bond motifs is 1. The molecule has 1 aliphatic rings. The summed E-state index contributed by atoms with van der Waals surface area (Å²) in [5.41, 5.74) is 4.43. The topological polar surface area (TPSA) is 12.0 Å². The summed E-state index contributed by atoms with van der Waals surface area (Å²) in [7, 11) is 0. The zero-order valence-electron chi connectivity index (χ0n) is 7.94. The number of hydrogen-bond acceptors (Lipinski definition) is 1. The fourth-order valence-electron chi connectivity index (χ4n) is 1.78.